The van der Waals surface area contributed by atoms with Gasteiger partial charge >= 0.3 is 0 Å². The first-order valence-corrected chi connectivity index (χ1v) is 5.90. The van der Waals surface area contributed by atoms with Crippen molar-refractivity contribution in [2.75, 3.05) is 0 Å². The van der Waals surface area contributed by atoms with Crippen molar-refractivity contribution in [1.82, 2.24) is 9.97 Å². The second kappa shape index (κ2) is 4.38. The molecule has 0 atom stereocenters. The third kappa shape index (κ3) is 2.05. The van der Waals surface area contributed by atoms with Crippen LogP contribution < -0.4 is 0 Å². The van der Waals surface area contributed by atoms with Gasteiger partial charge in [0.2, 0.25) is 0 Å². The molecular weight excluding hydrogens is 265 g/mol. The summed E-state index contributed by atoms with van der Waals surface area (Å²) >= 11 is 5.72. The molecule has 92 valence electrons. The van der Waals surface area contributed by atoms with Crippen LogP contribution in [0, 0.1) is 17.1 Å². The number of aromatic amines is 1. The van der Waals surface area contributed by atoms with Crippen molar-refractivity contribution in [3.8, 4) is 17.5 Å². The third-order valence-electron chi connectivity index (χ3n) is 2.80. The van der Waals surface area contributed by atoms with Gasteiger partial charge in [0.1, 0.15) is 11.6 Å². The van der Waals surface area contributed by atoms with E-state index in [-0.39, 0.29) is 0 Å². The average molecular weight is 272 g/mol. The van der Waals surface area contributed by atoms with E-state index >= 15 is 0 Å². The molecule has 0 amide bonds. The lowest BCUT2D eigenvalue weighted by Gasteiger charge is -1.99. The van der Waals surface area contributed by atoms with Crippen LogP contribution >= 0.6 is 11.6 Å². The van der Waals surface area contributed by atoms with Crippen molar-refractivity contribution in [3.63, 3.8) is 0 Å². The number of imidazole rings is 1. The molecule has 0 saturated heterocycles. The van der Waals surface area contributed by atoms with Gasteiger partial charge in [-0.2, -0.15) is 5.26 Å². The van der Waals surface area contributed by atoms with Crippen LogP contribution in [0.3, 0.4) is 0 Å². The summed E-state index contributed by atoms with van der Waals surface area (Å²) < 4.78 is 13.8. The summed E-state index contributed by atoms with van der Waals surface area (Å²) in [5, 5.41) is 9.17. The Morgan fingerprint density at radius 1 is 1.21 bits per heavy atom. The van der Waals surface area contributed by atoms with Gasteiger partial charge in [0.15, 0.2) is 0 Å². The Balaban J connectivity index is 2.18. The van der Waals surface area contributed by atoms with E-state index in [0.29, 0.717) is 33.0 Å². The summed E-state index contributed by atoms with van der Waals surface area (Å²) in [7, 11) is 0. The van der Waals surface area contributed by atoms with Gasteiger partial charge in [-0.25, -0.2) is 9.37 Å². The van der Waals surface area contributed by atoms with Crippen LogP contribution in [0.15, 0.2) is 36.4 Å². The monoisotopic (exact) mass is 271 g/mol. The van der Waals surface area contributed by atoms with Gasteiger partial charge in [-0.05, 0) is 36.4 Å². The van der Waals surface area contributed by atoms with Crippen molar-refractivity contribution in [2.45, 2.75) is 0 Å². The maximum absolute atomic E-state index is 13.8. The van der Waals surface area contributed by atoms with E-state index in [1.54, 1.807) is 30.3 Å². The summed E-state index contributed by atoms with van der Waals surface area (Å²) in [6, 6.07) is 11.5. The van der Waals surface area contributed by atoms with Gasteiger partial charge in [0.05, 0.1) is 28.2 Å². The second-order valence-electron chi connectivity index (χ2n) is 4.05. The van der Waals surface area contributed by atoms with Crippen LogP contribution in [0.5, 0.6) is 0 Å². The summed E-state index contributed by atoms with van der Waals surface area (Å²) in [5.41, 5.74) is 2.25. The number of nitriles is 1. The van der Waals surface area contributed by atoms with Crippen molar-refractivity contribution >= 4 is 22.6 Å². The number of hydrogen-bond acceptors (Lipinski definition) is 2. The minimum atomic E-state index is -0.438. The van der Waals surface area contributed by atoms with E-state index in [0.717, 1.165) is 0 Å². The van der Waals surface area contributed by atoms with Gasteiger partial charge in [0, 0.05) is 5.02 Å². The molecule has 5 heteroatoms. The number of aromatic nitrogens is 2. The van der Waals surface area contributed by atoms with Gasteiger partial charge in [0.25, 0.3) is 0 Å². The quantitative estimate of drug-likeness (QED) is 0.730. The molecule has 3 rings (SSSR count). The number of halogens is 2. The predicted molar refractivity (Wildman–Crippen MR) is 71.2 cm³/mol. The zero-order chi connectivity index (χ0) is 13.4. The second-order valence-corrected chi connectivity index (χ2v) is 4.49. The molecular formula is C14H7ClFN3. The molecule has 0 saturated carbocycles. The molecule has 0 aliphatic carbocycles. The van der Waals surface area contributed by atoms with Crippen LogP contribution in [0.2, 0.25) is 5.02 Å². The number of hydrogen-bond donors (Lipinski definition) is 1. The molecule has 3 nitrogen and oxygen atoms in total. The van der Waals surface area contributed by atoms with E-state index in [1.165, 1.54) is 6.07 Å². The van der Waals surface area contributed by atoms with E-state index in [4.69, 9.17) is 16.9 Å². The van der Waals surface area contributed by atoms with E-state index < -0.39 is 5.82 Å². The highest BCUT2D eigenvalue weighted by Crippen LogP contribution is 2.25. The molecule has 0 aliphatic heterocycles. The van der Waals surface area contributed by atoms with E-state index in [1.807, 2.05) is 6.07 Å². The maximum atomic E-state index is 13.8. The van der Waals surface area contributed by atoms with Crippen molar-refractivity contribution in [3.05, 3.63) is 52.8 Å². The number of rotatable bonds is 1. The fourth-order valence-electron chi connectivity index (χ4n) is 1.89. The Morgan fingerprint density at radius 3 is 2.79 bits per heavy atom. The number of nitrogens with one attached hydrogen (secondary N) is 1. The van der Waals surface area contributed by atoms with Crippen molar-refractivity contribution in [1.29, 1.82) is 5.26 Å². The van der Waals surface area contributed by atoms with Crippen LogP contribution in [0.4, 0.5) is 4.39 Å². The molecule has 1 heterocycles. The molecule has 3 aromatic rings. The lowest BCUT2D eigenvalue weighted by Crippen LogP contribution is -1.85. The zero-order valence-corrected chi connectivity index (χ0v) is 10.4. The highest BCUT2D eigenvalue weighted by Gasteiger charge is 2.10. The highest BCUT2D eigenvalue weighted by molar-refractivity contribution is 6.30. The molecule has 1 aromatic heterocycles. The normalized spacial score (nSPS) is 10.6. The minimum absolute atomic E-state index is 0.337. The lowest BCUT2D eigenvalue weighted by atomic mass is 10.2. The van der Waals surface area contributed by atoms with Gasteiger partial charge in [-0.3, -0.25) is 0 Å². The van der Waals surface area contributed by atoms with Crippen LogP contribution in [0.25, 0.3) is 22.4 Å². The molecule has 0 radical (unpaired) electrons. The smallest absolute Gasteiger partial charge is 0.141 e. The molecule has 0 aliphatic rings. The third-order valence-corrected chi connectivity index (χ3v) is 3.03. The fourth-order valence-corrected chi connectivity index (χ4v) is 2.05. The lowest BCUT2D eigenvalue weighted by molar-refractivity contribution is 0.630. The molecule has 19 heavy (non-hydrogen) atoms. The molecule has 1 N–H and O–H groups in total. The van der Waals surface area contributed by atoms with Gasteiger partial charge in [-0.15, -0.1) is 0 Å². The molecule has 0 bridgehead atoms. The standard InChI is InChI=1S/C14H7ClFN3/c15-9-2-3-10(11(16)6-9)14-18-12-4-1-8(7-17)5-13(12)19-14/h1-6H,(H,18,19). The molecule has 2 aromatic carbocycles. The first kappa shape index (κ1) is 11.7. The largest absolute Gasteiger partial charge is 0.338 e. The Labute approximate surface area is 113 Å². The average Bonchev–Trinajstić information content (AvgIpc) is 2.80. The van der Waals surface area contributed by atoms with Crippen molar-refractivity contribution < 1.29 is 4.39 Å². The number of benzene rings is 2. The number of H-pyrrole nitrogens is 1. The Hall–Kier alpha value is -2.38. The van der Waals surface area contributed by atoms with Crippen LogP contribution in [-0.2, 0) is 0 Å². The van der Waals surface area contributed by atoms with Crippen LogP contribution in [0.1, 0.15) is 5.56 Å². The van der Waals surface area contributed by atoms with Gasteiger partial charge < -0.3 is 4.98 Å². The maximum Gasteiger partial charge on any atom is 0.141 e. The first-order chi connectivity index (χ1) is 9.17. The van der Waals surface area contributed by atoms with Gasteiger partial charge in [-0.1, -0.05) is 11.6 Å². The molecule has 0 fully saturated rings. The van der Waals surface area contributed by atoms with E-state index in [2.05, 4.69) is 9.97 Å². The Morgan fingerprint density at radius 2 is 2.05 bits per heavy atom. The SMILES string of the molecule is N#Cc1ccc2nc(-c3ccc(Cl)cc3F)[nH]c2c1. The zero-order valence-electron chi connectivity index (χ0n) is 9.61. The number of fused-ring (bicyclic) bond motifs is 1. The summed E-state index contributed by atoms with van der Waals surface area (Å²) in [6.07, 6.45) is 0. The highest BCUT2D eigenvalue weighted by atomic mass is 35.5. The summed E-state index contributed by atoms with van der Waals surface area (Å²) in [4.78, 5) is 7.30. The predicted octanol–water partition coefficient (Wildman–Crippen LogP) is 3.89. The topological polar surface area (TPSA) is 52.5 Å². The fraction of sp³-hybridized carbons (Fsp3) is 0. The first-order valence-electron chi connectivity index (χ1n) is 5.52. The van der Waals surface area contributed by atoms with E-state index in [9.17, 15) is 4.39 Å². The molecule has 0 unspecified atom stereocenters. The minimum Gasteiger partial charge on any atom is -0.338 e. The molecule has 0 spiro atoms. The Bertz CT molecular complexity index is 817. The number of nitrogens with zero attached hydrogens (tertiary/aromatic N) is 2. The summed E-state index contributed by atoms with van der Waals surface area (Å²) in [6.45, 7) is 0. The summed E-state index contributed by atoms with van der Waals surface area (Å²) in [5.74, 6) is -0.0219. The Kier molecular flexibility index (Phi) is 2.69. The van der Waals surface area contributed by atoms with Crippen molar-refractivity contribution in [2.24, 2.45) is 0 Å². The van der Waals surface area contributed by atoms with Crippen LogP contribution in [-0.4, -0.2) is 9.97 Å².